The van der Waals surface area contributed by atoms with Crippen LogP contribution in [-0.2, 0) is 6.42 Å². The van der Waals surface area contributed by atoms with Crippen LogP contribution in [0.15, 0.2) is 20.9 Å². The zero-order valence-electron chi connectivity index (χ0n) is 11.2. The Labute approximate surface area is 129 Å². The van der Waals surface area contributed by atoms with Crippen LogP contribution in [0.4, 0.5) is 0 Å². The fourth-order valence-corrected chi connectivity index (χ4v) is 3.81. The Kier molecular flexibility index (Phi) is 4.30. The molecule has 0 amide bonds. The molecule has 0 aromatic carbocycles. The highest BCUT2D eigenvalue weighted by Gasteiger charge is 2.22. The van der Waals surface area contributed by atoms with Crippen molar-refractivity contribution in [3.8, 4) is 0 Å². The van der Waals surface area contributed by atoms with Crippen LogP contribution in [0, 0.1) is 0 Å². The van der Waals surface area contributed by atoms with Gasteiger partial charge in [-0.2, -0.15) is 0 Å². The monoisotopic (exact) mass is 354 g/mol. The summed E-state index contributed by atoms with van der Waals surface area (Å²) >= 11 is 4.92. The van der Waals surface area contributed by atoms with Gasteiger partial charge in [0.1, 0.15) is 15.5 Å². The first-order valence-corrected chi connectivity index (χ1v) is 8.36. The van der Waals surface area contributed by atoms with Crippen LogP contribution in [0.1, 0.15) is 44.5 Å². The van der Waals surface area contributed by atoms with Crippen LogP contribution in [0.2, 0.25) is 0 Å². The van der Waals surface area contributed by atoms with Crippen LogP contribution >= 0.6 is 27.7 Å². The summed E-state index contributed by atoms with van der Waals surface area (Å²) in [6.07, 6.45) is 5.64. The van der Waals surface area contributed by atoms with E-state index in [-0.39, 0.29) is 0 Å². The first-order chi connectivity index (χ1) is 9.76. The Morgan fingerprint density at radius 3 is 2.90 bits per heavy atom. The number of aryl methyl sites for hydroxylation is 1. The van der Waals surface area contributed by atoms with Crippen molar-refractivity contribution in [1.82, 2.24) is 30.2 Å². The molecule has 0 spiro atoms. The number of hydrogen-bond acceptors (Lipinski definition) is 6. The van der Waals surface area contributed by atoms with Gasteiger partial charge in [-0.25, -0.2) is 14.6 Å². The van der Waals surface area contributed by atoms with Gasteiger partial charge in [-0.05, 0) is 51.0 Å². The van der Waals surface area contributed by atoms with Gasteiger partial charge in [-0.3, -0.25) is 0 Å². The molecule has 3 rings (SSSR count). The summed E-state index contributed by atoms with van der Waals surface area (Å²) in [5.74, 6) is 0.821. The summed E-state index contributed by atoms with van der Waals surface area (Å²) in [5.41, 5.74) is 0. The van der Waals surface area contributed by atoms with E-state index >= 15 is 0 Å². The summed E-state index contributed by atoms with van der Waals surface area (Å²) in [7, 11) is 0. The van der Waals surface area contributed by atoms with Gasteiger partial charge >= 0.3 is 0 Å². The van der Waals surface area contributed by atoms with Crippen molar-refractivity contribution in [3.63, 3.8) is 0 Å². The van der Waals surface area contributed by atoms with Crippen molar-refractivity contribution >= 4 is 27.7 Å². The zero-order valence-corrected chi connectivity index (χ0v) is 13.6. The second-order valence-electron chi connectivity index (χ2n) is 4.75. The molecule has 8 heteroatoms. The molecule has 0 saturated heterocycles. The number of rotatable bonds is 4. The molecule has 0 bridgehead atoms. The molecule has 0 N–H and O–H groups in total. The quantitative estimate of drug-likeness (QED) is 0.785. The topological polar surface area (TPSA) is 69.4 Å². The number of tetrazole rings is 1. The number of hydrogen-bond donors (Lipinski definition) is 0. The van der Waals surface area contributed by atoms with Gasteiger partial charge in [0.2, 0.25) is 5.16 Å². The second kappa shape index (κ2) is 6.17. The highest BCUT2D eigenvalue weighted by molar-refractivity contribution is 9.10. The fourth-order valence-electron chi connectivity index (χ4n) is 2.38. The van der Waals surface area contributed by atoms with E-state index in [1.807, 2.05) is 17.7 Å². The van der Waals surface area contributed by atoms with E-state index < -0.39 is 0 Å². The SMILES string of the molecule is CCc1nc(Br)cc(Sc2nnnn2C2CCCC2)n1. The lowest BCUT2D eigenvalue weighted by molar-refractivity contribution is 0.423. The van der Waals surface area contributed by atoms with E-state index in [9.17, 15) is 0 Å². The van der Waals surface area contributed by atoms with Crippen molar-refractivity contribution in [2.45, 2.75) is 55.3 Å². The largest absolute Gasteiger partial charge is 0.226 e. The Morgan fingerprint density at radius 1 is 1.35 bits per heavy atom. The lowest BCUT2D eigenvalue weighted by Gasteiger charge is -2.10. The van der Waals surface area contributed by atoms with Crippen molar-refractivity contribution in [2.24, 2.45) is 0 Å². The first-order valence-electron chi connectivity index (χ1n) is 6.75. The molecule has 20 heavy (non-hydrogen) atoms. The van der Waals surface area contributed by atoms with Crippen molar-refractivity contribution < 1.29 is 0 Å². The average Bonchev–Trinajstić information content (AvgIpc) is 3.08. The van der Waals surface area contributed by atoms with Crippen molar-refractivity contribution in [3.05, 3.63) is 16.5 Å². The summed E-state index contributed by atoms with van der Waals surface area (Å²) < 4.78 is 2.74. The molecule has 1 saturated carbocycles. The van der Waals surface area contributed by atoms with E-state index in [2.05, 4.69) is 41.4 Å². The highest BCUT2D eigenvalue weighted by Crippen LogP contribution is 2.33. The zero-order chi connectivity index (χ0) is 13.9. The molecule has 0 aliphatic heterocycles. The van der Waals surface area contributed by atoms with Gasteiger partial charge in [0.25, 0.3) is 0 Å². The maximum atomic E-state index is 4.51. The maximum absolute atomic E-state index is 4.51. The van der Waals surface area contributed by atoms with Gasteiger partial charge in [-0.1, -0.05) is 19.8 Å². The third-order valence-corrected chi connectivity index (χ3v) is 4.64. The molecule has 1 aliphatic rings. The molecule has 6 nitrogen and oxygen atoms in total. The third-order valence-electron chi connectivity index (χ3n) is 3.36. The Hall–Kier alpha value is -1.02. The van der Waals surface area contributed by atoms with Crippen molar-refractivity contribution in [1.29, 1.82) is 0 Å². The second-order valence-corrected chi connectivity index (χ2v) is 6.55. The molecular weight excluding hydrogens is 340 g/mol. The molecule has 0 radical (unpaired) electrons. The van der Waals surface area contributed by atoms with E-state index in [0.29, 0.717) is 6.04 Å². The minimum atomic E-state index is 0.434. The Bertz CT molecular complexity index is 595. The summed E-state index contributed by atoms with van der Waals surface area (Å²) in [4.78, 5) is 8.82. The standard InChI is InChI=1S/C12H15BrN6S/c1-2-10-14-9(13)7-11(15-10)20-12-16-17-18-19(12)8-5-3-4-6-8/h7-8H,2-6H2,1H3. The first kappa shape index (κ1) is 13.9. The van der Waals surface area contributed by atoms with E-state index in [1.54, 1.807) is 0 Å². The molecule has 1 fully saturated rings. The molecule has 2 heterocycles. The van der Waals surface area contributed by atoms with E-state index in [0.717, 1.165) is 39.9 Å². The Morgan fingerprint density at radius 2 is 2.15 bits per heavy atom. The van der Waals surface area contributed by atoms with Crippen LogP contribution in [0.25, 0.3) is 0 Å². The predicted molar refractivity (Wildman–Crippen MR) is 78.6 cm³/mol. The number of nitrogens with zero attached hydrogens (tertiary/aromatic N) is 6. The number of aromatic nitrogens is 6. The molecule has 0 unspecified atom stereocenters. The lowest BCUT2D eigenvalue weighted by Crippen LogP contribution is -2.08. The predicted octanol–water partition coefficient (Wildman–Crippen LogP) is 3.05. The third kappa shape index (κ3) is 3.01. The molecule has 2 aromatic rings. The summed E-state index contributed by atoms with van der Waals surface area (Å²) in [6.45, 7) is 2.04. The van der Waals surface area contributed by atoms with E-state index in [4.69, 9.17) is 0 Å². The minimum Gasteiger partial charge on any atom is -0.226 e. The summed E-state index contributed by atoms with van der Waals surface area (Å²) in [6, 6.07) is 2.33. The normalized spacial score (nSPS) is 15.9. The van der Waals surface area contributed by atoms with Crippen LogP contribution in [0.5, 0.6) is 0 Å². The lowest BCUT2D eigenvalue weighted by atomic mass is 10.3. The fraction of sp³-hybridized carbons (Fsp3) is 0.583. The minimum absolute atomic E-state index is 0.434. The molecule has 0 atom stereocenters. The average molecular weight is 355 g/mol. The Balaban J connectivity index is 1.84. The van der Waals surface area contributed by atoms with Gasteiger partial charge in [-0.15, -0.1) is 5.10 Å². The van der Waals surface area contributed by atoms with Gasteiger partial charge in [0.15, 0.2) is 0 Å². The van der Waals surface area contributed by atoms with Gasteiger partial charge in [0, 0.05) is 12.5 Å². The summed E-state index contributed by atoms with van der Waals surface area (Å²) in [5, 5.41) is 13.8. The van der Waals surface area contributed by atoms with Gasteiger partial charge in [0.05, 0.1) is 6.04 Å². The van der Waals surface area contributed by atoms with Crippen molar-refractivity contribution in [2.75, 3.05) is 0 Å². The number of halogens is 1. The highest BCUT2D eigenvalue weighted by atomic mass is 79.9. The smallest absolute Gasteiger partial charge is 0.215 e. The molecule has 2 aromatic heterocycles. The van der Waals surface area contributed by atoms with E-state index in [1.165, 1.54) is 24.6 Å². The maximum Gasteiger partial charge on any atom is 0.215 e. The molecule has 106 valence electrons. The van der Waals surface area contributed by atoms with Crippen LogP contribution in [-0.4, -0.2) is 30.2 Å². The molecular formula is C12H15BrN6S. The van der Waals surface area contributed by atoms with Crippen LogP contribution < -0.4 is 0 Å². The van der Waals surface area contributed by atoms with Crippen LogP contribution in [0.3, 0.4) is 0 Å². The van der Waals surface area contributed by atoms with Gasteiger partial charge < -0.3 is 0 Å². The molecule has 1 aliphatic carbocycles.